The lowest BCUT2D eigenvalue weighted by Crippen LogP contribution is -2.56. The fourth-order valence-electron chi connectivity index (χ4n) is 3.93. The van der Waals surface area contributed by atoms with E-state index in [1.807, 2.05) is 4.90 Å². The molecular weight excluding hydrogens is 421 g/mol. The SMILES string of the molecule is C[C@@]1(C(F)(F)F)Cn2c(nc(N3CCOCC3)cc2=O)N1CCc1ccccc1Cl. The average molecular weight is 443 g/mol. The fraction of sp³-hybridized carbons (Fsp3) is 0.500. The highest BCUT2D eigenvalue weighted by Gasteiger charge is 2.59. The number of ether oxygens (including phenoxy) is 1. The van der Waals surface area contributed by atoms with Crippen LogP contribution in [0.3, 0.4) is 0 Å². The van der Waals surface area contributed by atoms with Gasteiger partial charge in [0.2, 0.25) is 5.95 Å². The number of benzene rings is 1. The fourth-order valence-corrected chi connectivity index (χ4v) is 4.16. The predicted molar refractivity (Wildman–Crippen MR) is 108 cm³/mol. The molecular formula is C20H22ClF3N4O2. The van der Waals surface area contributed by atoms with Gasteiger partial charge in [-0.3, -0.25) is 9.36 Å². The van der Waals surface area contributed by atoms with Crippen LogP contribution in [0.25, 0.3) is 0 Å². The second-order valence-electron chi connectivity index (χ2n) is 7.70. The monoisotopic (exact) mass is 442 g/mol. The number of nitrogens with zero attached hydrogens (tertiary/aromatic N) is 4. The molecule has 1 saturated heterocycles. The van der Waals surface area contributed by atoms with E-state index in [9.17, 15) is 18.0 Å². The summed E-state index contributed by atoms with van der Waals surface area (Å²) in [5.41, 5.74) is -1.98. The molecule has 10 heteroatoms. The Kier molecular flexibility index (Phi) is 5.44. The van der Waals surface area contributed by atoms with Gasteiger partial charge in [0.25, 0.3) is 5.56 Å². The van der Waals surface area contributed by atoms with Gasteiger partial charge in [-0.25, -0.2) is 0 Å². The van der Waals surface area contributed by atoms with E-state index >= 15 is 0 Å². The van der Waals surface area contributed by atoms with Crippen molar-refractivity contribution in [2.45, 2.75) is 31.6 Å². The second kappa shape index (κ2) is 7.77. The summed E-state index contributed by atoms with van der Waals surface area (Å²) in [5.74, 6) is 0.416. The number of alkyl halides is 3. The number of hydrogen-bond acceptors (Lipinski definition) is 5. The molecule has 0 radical (unpaired) electrons. The molecule has 162 valence electrons. The molecule has 2 aliphatic rings. The summed E-state index contributed by atoms with van der Waals surface area (Å²) in [5, 5.41) is 0.498. The predicted octanol–water partition coefficient (Wildman–Crippen LogP) is 3.12. The van der Waals surface area contributed by atoms with E-state index in [2.05, 4.69) is 4.98 Å². The molecule has 0 unspecified atom stereocenters. The highest BCUT2D eigenvalue weighted by molar-refractivity contribution is 6.31. The van der Waals surface area contributed by atoms with Gasteiger partial charge in [0.05, 0.1) is 19.8 Å². The molecule has 1 atom stereocenters. The van der Waals surface area contributed by atoms with Crippen LogP contribution >= 0.6 is 11.6 Å². The maximum atomic E-state index is 14.1. The Morgan fingerprint density at radius 1 is 1.23 bits per heavy atom. The van der Waals surface area contributed by atoms with E-state index in [0.29, 0.717) is 43.6 Å². The van der Waals surface area contributed by atoms with Gasteiger partial charge in [-0.2, -0.15) is 18.2 Å². The van der Waals surface area contributed by atoms with Gasteiger partial charge in [-0.05, 0) is 25.0 Å². The summed E-state index contributed by atoms with van der Waals surface area (Å²) in [6, 6.07) is 8.36. The molecule has 2 aliphatic heterocycles. The summed E-state index contributed by atoms with van der Waals surface area (Å²) in [4.78, 5) is 20.3. The molecule has 3 heterocycles. The largest absolute Gasteiger partial charge is 0.413 e. The van der Waals surface area contributed by atoms with Crippen LogP contribution < -0.4 is 15.4 Å². The van der Waals surface area contributed by atoms with Crippen molar-refractivity contribution in [3.63, 3.8) is 0 Å². The van der Waals surface area contributed by atoms with Crippen LogP contribution in [0.1, 0.15) is 12.5 Å². The normalized spacial score (nSPS) is 21.8. The van der Waals surface area contributed by atoms with E-state index in [0.717, 1.165) is 17.1 Å². The molecule has 1 aromatic heterocycles. The number of rotatable bonds is 4. The summed E-state index contributed by atoms with van der Waals surface area (Å²) < 4.78 is 48.8. The number of anilines is 2. The number of aromatic nitrogens is 2. The molecule has 30 heavy (non-hydrogen) atoms. The first-order chi connectivity index (χ1) is 14.2. The van der Waals surface area contributed by atoms with Crippen molar-refractivity contribution >= 4 is 23.4 Å². The number of halogens is 4. The van der Waals surface area contributed by atoms with E-state index in [4.69, 9.17) is 16.3 Å². The van der Waals surface area contributed by atoms with Crippen LogP contribution in [0, 0.1) is 0 Å². The maximum absolute atomic E-state index is 14.1. The van der Waals surface area contributed by atoms with Crippen molar-refractivity contribution in [2.24, 2.45) is 0 Å². The van der Waals surface area contributed by atoms with Gasteiger partial charge in [0.1, 0.15) is 5.82 Å². The molecule has 0 spiro atoms. The summed E-state index contributed by atoms with van der Waals surface area (Å²) >= 11 is 6.19. The molecule has 0 N–H and O–H groups in total. The number of hydrogen-bond donors (Lipinski definition) is 0. The molecule has 6 nitrogen and oxygen atoms in total. The highest BCUT2D eigenvalue weighted by Crippen LogP contribution is 2.43. The van der Waals surface area contributed by atoms with Gasteiger partial charge in [-0.1, -0.05) is 29.8 Å². The van der Waals surface area contributed by atoms with Crippen molar-refractivity contribution in [3.05, 3.63) is 51.3 Å². The quantitative estimate of drug-likeness (QED) is 0.728. The van der Waals surface area contributed by atoms with Gasteiger partial charge < -0.3 is 14.5 Å². The first-order valence-electron chi connectivity index (χ1n) is 9.73. The number of morpholine rings is 1. The minimum atomic E-state index is -4.55. The standard InChI is InChI=1S/C20H22ClF3N4O2/c1-19(20(22,23)24)13-27-17(29)12-16(26-8-10-30-11-9-26)25-18(27)28(19)7-6-14-4-2-3-5-15(14)21/h2-5,12H,6-11,13H2,1H3/t19-/m0/s1. The van der Waals surface area contributed by atoms with Crippen molar-refractivity contribution in [1.82, 2.24) is 9.55 Å². The smallest absolute Gasteiger partial charge is 0.378 e. The third-order valence-corrected chi connectivity index (χ3v) is 6.15. The topological polar surface area (TPSA) is 50.6 Å². The van der Waals surface area contributed by atoms with Crippen LogP contribution in [-0.2, 0) is 17.7 Å². The number of fused-ring (bicyclic) bond motifs is 1. The lowest BCUT2D eigenvalue weighted by molar-refractivity contribution is -0.182. The average Bonchev–Trinajstić information content (AvgIpc) is 3.01. The van der Waals surface area contributed by atoms with Crippen LogP contribution in [0.15, 0.2) is 35.1 Å². The summed E-state index contributed by atoms with van der Waals surface area (Å²) in [7, 11) is 0. The summed E-state index contributed by atoms with van der Waals surface area (Å²) in [6.07, 6.45) is -4.25. The Morgan fingerprint density at radius 3 is 2.60 bits per heavy atom. The Balaban J connectivity index is 1.73. The zero-order chi connectivity index (χ0) is 21.5. The van der Waals surface area contributed by atoms with Crippen molar-refractivity contribution < 1.29 is 17.9 Å². The molecule has 1 fully saturated rings. The molecule has 1 aromatic carbocycles. The van der Waals surface area contributed by atoms with Crippen molar-refractivity contribution in [1.29, 1.82) is 0 Å². The molecule has 0 amide bonds. The molecule has 0 saturated carbocycles. The Bertz CT molecular complexity index is 991. The van der Waals surface area contributed by atoms with E-state index < -0.39 is 23.8 Å². The zero-order valence-corrected chi connectivity index (χ0v) is 17.2. The van der Waals surface area contributed by atoms with Gasteiger partial charge in [0.15, 0.2) is 5.54 Å². The van der Waals surface area contributed by atoms with Crippen molar-refractivity contribution in [2.75, 3.05) is 42.6 Å². The highest BCUT2D eigenvalue weighted by atomic mass is 35.5. The first kappa shape index (κ1) is 21.0. The van der Waals surface area contributed by atoms with E-state index in [1.165, 1.54) is 11.0 Å². The zero-order valence-electron chi connectivity index (χ0n) is 16.5. The van der Waals surface area contributed by atoms with Crippen LogP contribution in [0.2, 0.25) is 5.02 Å². The molecule has 2 aromatic rings. The maximum Gasteiger partial charge on any atom is 0.413 e. The minimum Gasteiger partial charge on any atom is -0.378 e. The van der Waals surface area contributed by atoms with Gasteiger partial charge in [0, 0.05) is 30.7 Å². The van der Waals surface area contributed by atoms with E-state index in [-0.39, 0.29) is 12.5 Å². The lowest BCUT2D eigenvalue weighted by Gasteiger charge is -2.37. The molecule has 0 aliphatic carbocycles. The van der Waals surface area contributed by atoms with E-state index in [1.54, 1.807) is 24.3 Å². The Labute approximate surface area is 176 Å². The minimum absolute atomic E-state index is 0.0265. The molecule has 0 bridgehead atoms. The van der Waals surface area contributed by atoms with Crippen LogP contribution in [0.4, 0.5) is 24.9 Å². The van der Waals surface area contributed by atoms with Crippen LogP contribution in [-0.4, -0.2) is 54.1 Å². The van der Waals surface area contributed by atoms with Crippen LogP contribution in [0.5, 0.6) is 0 Å². The third kappa shape index (κ3) is 3.65. The first-order valence-corrected chi connectivity index (χ1v) is 10.1. The second-order valence-corrected chi connectivity index (χ2v) is 8.11. The third-order valence-electron chi connectivity index (χ3n) is 5.79. The Morgan fingerprint density at radius 2 is 1.93 bits per heavy atom. The lowest BCUT2D eigenvalue weighted by atomic mass is 10.00. The summed E-state index contributed by atoms with van der Waals surface area (Å²) in [6.45, 7) is 2.68. The van der Waals surface area contributed by atoms with Gasteiger partial charge >= 0.3 is 6.18 Å². The Hall–Kier alpha value is -2.26. The molecule has 4 rings (SSSR count). The van der Waals surface area contributed by atoms with Crippen molar-refractivity contribution in [3.8, 4) is 0 Å². The van der Waals surface area contributed by atoms with Gasteiger partial charge in [-0.15, -0.1) is 0 Å².